The molecule has 2 heterocycles. The highest BCUT2D eigenvalue weighted by molar-refractivity contribution is 5.96. The zero-order valence-corrected chi connectivity index (χ0v) is 19.0. The van der Waals surface area contributed by atoms with Gasteiger partial charge >= 0.3 is 0 Å². The van der Waals surface area contributed by atoms with Crippen LogP contribution in [0.5, 0.6) is 0 Å². The summed E-state index contributed by atoms with van der Waals surface area (Å²) < 4.78 is 13.3. The number of nitrogens with zero attached hydrogens (tertiary/aromatic N) is 5. The van der Waals surface area contributed by atoms with E-state index in [1.54, 1.807) is 29.0 Å². The molecule has 3 rings (SSSR count). The van der Waals surface area contributed by atoms with Gasteiger partial charge in [-0.2, -0.15) is 0 Å². The van der Waals surface area contributed by atoms with Gasteiger partial charge in [-0.15, -0.1) is 0 Å². The molecule has 1 atom stereocenters. The summed E-state index contributed by atoms with van der Waals surface area (Å²) in [6.45, 7) is 6.38. The molecule has 0 bridgehead atoms. The summed E-state index contributed by atoms with van der Waals surface area (Å²) in [5.74, 6) is 0.798. The number of rotatable bonds is 5. The molecular formula is C23H30FN5O2. The van der Waals surface area contributed by atoms with E-state index in [1.807, 2.05) is 45.8 Å². The Morgan fingerprint density at radius 2 is 1.81 bits per heavy atom. The maximum Gasteiger partial charge on any atom is 0.228 e. The van der Waals surface area contributed by atoms with E-state index in [-0.39, 0.29) is 30.1 Å². The zero-order chi connectivity index (χ0) is 22.9. The fraction of sp³-hybridized carbons (Fsp3) is 0.478. The van der Waals surface area contributed by atoms with E-state index in [9.17, 15) is 14.0 Å². The monoisotopic (exact) mass is 427 g/mol. The van der Waals surface area contributed by atoms with Crippen LogP contribution in [0.4, 0.5) is 15.9 Å². The molecule has 1 fully saturated rings. The van der Waals surface area contributed by atoms with Gasteiger partial charge in [-0.05, 0) is 24.3 Å². The summed E-state index contributed by atoms with van der Waals surface area (Å²) in [7, 11) is 5.53. The average Bonchev–Trinajstić information content (AvgIpc) is 3.08. The third-order valence-corrected chi connectivity index (χ3v) is 5.29. The Bertz CT molecular complexity index is 969. The van der Waals surface area contributed by atoms with Crippen molar-refractivity contribution in [3.05, 3.63) is 47.7 Å². The lowest BCUT2D eigenvalue weighted by molar-refractivity contribution is -0.138. The molecular weight excluding hydrogens is 397 g/mol. The molecule has 0 saturated carbocycles. The minimum Gasteiger partial charge on any atom is -0.363 e. The van der Waals surface area contributed by atoms with Crippen molar-refractivity contribution in [1.29, 1.82) is 0 Å². The van der Waals surface area contributed by atoms with Crippen LogP contribution in [0.1, 0.15) is 44.6 Å². The molecule has 1 unspecified atom stereocenters. The molecule has 0 spiro atoms. The van der Waals surface area contributed by atoms with E-state index < -0.39 is 5.41 Å². The van der Waals surface area contributed by atoms with Gasteiger partial charge in [-0.3, -0.25) is 9.59 Å². The largest absolute Gasteiger partial charge is 0.363 e. The first-order valence-corrected chi connectivity index (χ1v) is 10.3. The number of carbonyl (C=O) groups excluding carboxylic acids is 2. The topological polar surface area (TPSA) is 69.6 Å². The van der Waals surface area contributed by atoms with Gasteiger partial charge in [0.25, 0.3) is 0 Å². The normalized spacial score (nSPS) is 16.5. The van der Waals surface area contributed by atoms with Gasteiger partial charge < -0.3 is 14.7 Å². The number of carbonyl (C=O) groups is 2. The highest BCUT2D eigenvalue weighted by Crippen LogP contribution is 2.32. The van der Waals surface area contributed by atoms with Crippen LogP contribution < -0.4 is 9.80 Å². The Balaban J connectivity index is 1.86. The minimum absolute atomic E-state index is 0.00596. The summed E-state index contributed by atoms with van der Waals surface area (Å²) in [6, 6.07) is 7.82. The Kier molecular flexibility index (Phi) is 6.29. The van der Waals surface area contributed by atoms with E-state index in [0.717, 1.165) is 11.5 Å². The highest BCUT2D eigenvalue weighted by Gasteiger charge is 2.33. The fourth-order valence-corrected chi connectivity index (χ4v) is 3.64. The predicted molar refractivity (Wildman–Crippen MR) is 118 cm³/mol. The van der Waals surface area contributed by atoms with E-state index in [4.69, 9.17) is 4.98 Å². The second-order valence-corrected chi connectivity index (χ2v) is 9.25. The summed E-state index contributed by atoms with van der Waals surface area (Å²) in [5, 5.41) is 0. The van der Waals surface area contributed by atoms with E-state index >= 15 is 0 Å². The molecule has 0 radical (unpaired) electrons. The fourth-order valence-electron chi connectivity index (χ4n) is 3.64. The van der Waals surface area contributed by atoms with Crippen molar-refractivity contribution in [2.24, 2.45) is 5.41 Å². The van der Waals surface area contributed by atoms with Gasteiger partial charge in [0.1, 0.15) is 17.5 Å². The highest BCUT2D eigenvalue weighted by atomic mass is 19.1. The number of hydrogen-bond donors (Lipinski definition) is 0. The molecule has 31 heavy (non-hydrogen) atoms. The standard InChI is InChI=1S/C23H30FN5O2/c1-23(2,3)22(31)28(6)14-19-25-18(12-20(26-19)27(4)5)15-11-21(30)29(13-15)17-9-7-16(24)8-10-17/h7-10,12,15H,11,13-14H2,1-6H3. The smallest absolute Gasteiger partial charge is 0.228 e. The zero-order valence-electron chi connectivity index (χ0n) is 19.0. The molecule has 7 nitrogen and oxygen atoms in total. The summed E-state index contributed by atoms with van der Waals surface area (Å²) in [4.78, 5) is 39.7. The minimum atomic E-state index is -0.496. The third-order valence-electron chi connectivity index (χ3n) is 5.29. The Labute approximate surface area is 182 Å². The number of amides is 2. The van der Waals surface area contributed by atoms with Crippen LogP contribution in [0.15, 0.2) is 30.3 Å². The first kappa shape index (κ1) is 22.7. The summed E-state index contributed by atoms with van der Waals surface area (Å²) in [5.41, 5.74) is 0.944. The molecule has 166 valence electrons. The second-order valence-electron chi connectivity index (χ2n) is 9.25. The molecule has 1 aromatic carbocycles. The summed E-state index contributed by atoms with van der Waals surface area (Å²) >= 11 is 0. The van der Waals surface area contributed by atoms with Crippen LogP contribution in [-0.4, -0.2) is 54.4 Å². The lowest BCUT2D eigenvalue weighted by atomic mass is 9.95. The molecule has 0 aliphatic carbocycles. The Morgan fingerprint density at radius 1 is 1.16 bits per heavy atom. The van der Waals surface area contributed by atoms with Gasteiger partial charge in [0, 0.05) is 57.2 Å². The molecule has 2 amide bonds. The lowest BCUT2D eigenvalue weighted by Crippen LogP contribution is -2.36. The Hall–Kier alpha value is -3.03. The van der Waals surface area contributed by atoms with E-state index in [1.165, 1.54) is 12.1 Å². The number of halogens is 1. The van der Waals surface area contributed by atoms with Gasteiger partial charge in [-0.1, -0.05) is 20.8 Å². The van der Waals surface area contributed by atoms with Crippen molar-refractivity contribution >= 4 is 23.3 Å². The van der Waals surface area contributed by atoms with Crippen molar-refractivity contribution in [2.45, 2.75) is 39.7 Å². The lowest BCUT2D eigenvalue weighted by Gasteiger charge is -2.26. The average molecular weight is 428 g/mol. The van der Waals surface area contributed by atoms with Crippen LogP contribution in [-0.2, 0) is 16.1 Å². The van der Waals surface area contributed by atoms with E-state index in [0.29, 0.717) is 24.5 Å². The number of benzene rings is 1. The van der Waals surface area contributed by atoms with Crippen molar-refractivity contribution < 1.29 is 14.0 Å². The number of hydrogen-bond acceptors (Lipinski definition) is 5. The van der Waals surface area contributed by atoms with Gasteiger partial charge in [0.2, 0.25) is 11.8 Å². The second kappa shape index (κ2) is 8.61. The van der Waals surface area contributed by atoms with Crippen LogP contribution in [0.2, 0.25) is 0 Å². The Morgan fingerprint density at radius 3 is 2.39 bits per heavy atom. The number of aromatic nitrogens is 2. The van der Waals surface area contributed by atoms with Crippen molar-refractivity contribution in [3.8, 4) is 0 Å². The third kappa shape index (κ3) is 5.18. The maximum atomic E-state index is 13.3. The maximum absolute atomic E-state index is 13.3. The molecule has 2 aromatic rings. The molecule has 1 aliphatic heterocycles. The number of anilines is 2. The van der Waals surface area contributed by atoms with Gasteiger partial charge in [0.15, 0.2) is 0 Å². The molecule has 0 N–H and O–H groups in total. The first-order valence-electron chi connectivity index (χ1n) is 10.3. The van der Waals surface area contributed by atoms with Crippen molar-refractivity contribution in [3.63, 3.8) is 0 Å². The molecule has 1 aromatic heterocycles. The van der Waals surface area contributed by atoms with Crippen LogP contribution >= 0.6 is 0 Å². The molecule has 1 saturated heterocycles. The van der Waals surface area contributed by atoms with Crippen LogP contribution in [0.3, 0.4) is 0 Å². The van der Waals surface area contributed by atoms with Crippen LogP contribution in [0, 0.1) is 11.2 Å². The first-order chi connectivity index (χ1) is 14.5. The quantitative estimate of drug-likeness (QED) is 0.733. The predicted octanol–water partition coefficient (Wildman–Crippen LogP) is 3.21. The molecule has 1 aliphatic rings. The SMILES string of the molecule is CN(Cc1nc(C2CC(=O)N(c3ccc(F)cc3)C2)cc(N(C)C)n1)C(=O)C(C)(C)C. The van der Waals surface area contributed by atoms with Gasteiger partial charge in [-0.25, -0.2) is 14.4 Å². The molecule has 8 heteroatoms. The summed E-state index contributed by atoms with van der Waals surface area (Å²) in [6.07, 6.45) is 0.317. The van der Waals surface area contributed by atoms with Crippen molar-refractivity contribution in [1.82, 2.24) is 14.9 Å². The van der Waals surface area contributed by atoms with Crippen molar-refractivity contribution in [2.75, 3.05) is 37.5 Å². The van der Waals surface area contributed by atoms with Gasteiger partial charge in [0.05, 0.1) is 12.2 Å². The van der Waals surface area contributed by atoms with Crippen LogP contribution in [0.25, 0.3) is 0 Å². The van der Waals surface area contributed by atoms with E-state index in [2.05, 4.69) is 4.98 Å².